The van der Waals surface area contributed by atoms with Gasteiger partial charge < -0.3 is 15.8 Å². The smallest absolute Gasteiger partial charge is 0.173 e. The number of halogens is 1. The van der Waals surface area contributed by atoms with E-state index >= 15 is 0 Å². The minimum absolute atomic E-state index is 0.0812. The van der Waals surface area contributed by atoms with Gasteiger partial charge in [-0.25, -0.2) is 0 Å². The van der Waals surface area contributed by atoms with E-state index in [1.807, 2.05) is 12.1 Å². The molecule has 1 aromatic carbocycles. The molecule has 5 heteroatoms. The van der Waals surface area contributed by atoms with Crippen LogP contribution in [0.3, 0.4) is 0 Å². The van der Waals surface area contributed by atoms with Crippen LogP contribution in [0, 0.1) is 11.8 Å². The molecule has 1 aliphatic heterocycles. The first kappa shape index (κ1) is 12.6. The lowest BCUT2D eigenvalue weighted by molar-refractivity contribution is 0.318. The van der Waals surface area contributed by atoms with Crippen LogP contribution in [0.25, 0.3) is 0 Å². The number of oxime groups is 1. The highest BCUT2D eigenvalue weighted by molar-refractivity contribution is 6.34. The summed E-state index contributed by atoms with van der Waals surface area (Å²) in [5.74, 6) is 1.66. The van der Waals surface area contributed by atoms with Crippen molar-refractivity contribution in [3.05, 3.63) is 28.8 Å². The SMILES string of the molecule is N/C(=N/O)c1c(Cl)cccc1N1CC2CCCC2C1. The van der Waals surface area contributed by atoms with Crippen LogP contribution >= 0.6 is 11.6 Å². The summed E-state index contributed by atoms with van der Waals surface area (Å²) < 4.78 is 0. The molecule has 1 aromatic rings. The average Bonchev–Trinajstić information content (AvgIpc) is 2.98. The molecule has 2 atom stereocenters. The predicted octanol–water partition coefficient (Wildman–Crippen LogP) is 2.67. The van der Waals surface area contributed by atoms with Gasteiger partial charge in [-0.3, -0.25) is 0 Å². The molecule has 1 heterocycles. The Morgan fingerprint density at radius 1 is 1.32 bits per heavy atom. The summed E-state index contributed by atoms with van der Waals surface area (Å²) in [5, 5.41) is 12.6. The first-order valence-electron chi connectivity index (χ1n) is 6.72. The van der Waals surface area contributed by atoms with Gasteiger partial charge in [-0.1, -0.05) is 29.2 Å². The summed E-state index contributed by atoms with van der Waals surface area (Å²) in [6, 6.07) is 5.69. The van der Waals surface area contributed by atoms with Gasteiger partial charge in [-0.05, 0) is 36.8 Å². The van der Waals surface area contributed by atoms with Crippen LogP contribution in [-0.4, -0.2) is 24.1 Å². The van der Waals surface area contributed by atoms with Gasteiger partial charge in [0.2, 0.25) is 0 Å². The molecule has 2 aliphatic rings. The van der Waals surface area contributed by atoms with Crippen molar-refractivity contribution >= 4 is 23.1 Å². The molecule has 3 rings (SSSR count). The van der Waals surface area contributed by atoms with Gasteiger partial charge in [0, 0.05) is 18.8 Å². The molecule has 1 saturated heterocycles. The van der Waals surface area contributed by atoms with E-state index in [4.69, 9.17) is 22.5 Å². The van der Waals surface area contributed by atoms with Crippen molar-refractivity contribution in [3.8, 4) is 0 Å². The molecule has 0 radical (unpaired) electrons. The zero-order chi connectivity index (χ0) is 13.4. The molecule has 0 bridgehead atoms. The Kier molecular flexibility index (Phi) is 3.27. The minimum atomic E-state index is 0.0812. The lowest BCUT2D eigenvalue weighted by atomic mass is 10.0. The standard InChI is InChI=1S/C14H18ClN3O/c15-11-5-2-6-12(13(11)14(16)17-19)18-7-9-3-1-4-10(9)8-18/h2,5-6,9-10,19H,1,3-4,7-8H2,(H2,16,17). The maximum atomic E-state index is 8.93. The number of anilines is 1. The molecule has 0 spiro atoms. The first-order chi connectivity index (χ1) is 9.20. The summed E-state index contributed by atoms with van der Waals surface area (Å²) in [5.41, 5.74) is 7.40. The van der Waals surface area contributed by atoms with Crippen LogP contribution in [-0.2, 0) is 0 Å². The lowest BCUT2D eigenvalue weighted by Crippen LogP contribution is -2.25. The van der Waals surface area contributed by atoms with E-state index in [-0.39, 0.29) is 5.84 Å². The van der Waals surface area contributed by atoms with Crippen molar-refractivity contribution < 1.29 is 5.21 Å². The van der Waals surface area contributed by atoms with Crippen molar-refractivity contribution in [1.82, 2.24) is 0 Å². The zero-order valence-corrected chi connectivity index (χ0v) is 11.5. The third kappa shape index (κ3) is 2.14. The molecule has 2 fully saturated rings. The molecule has 3 N–H and O–H groups in total. The normalized spacial score (nSPS) is 26.8. The highest BCUT2D eigenvalue weighted by Gasteiger charge is 2.37. The summed E-state index contributed by atoms with van der Waals surface area (Å²) in [6.07, 6.45) is 3.99. The van der Waals surface area contributed by atoms with Gasteiger partial charge in [-0.15, -0.1) is 0 Å². The molecule has 19 heavy (non-hydrogen) atoms. The van der Waals surface area contributed by atoms with Gasteiger partial charge in [0.25, 0.3) is 0 Å². The van der Waals surface area contributed by atoms with E-state index in [1.165, 1.54) is 19.3 Å². The van der Waals surface area contributed by atoms with Gasteiger partial charge >= 0.3 is 0 Å². The number of hydrogen-bond acceptors (Lipinski definition) is 3. The highest BCUT2D eigenvalue weighted by atomic mass is 35.5. The Labute approximate surface area is 117 Å². The zero-order valence-electron chi connectivity index (χ0n) is 10.7. The molecule has 0 amide bonds. The third-order valence-electron chi connectivity index (χ3n) is 4.42. The average molecular weight is 280 g/mol. The number of rotatable bonds is 2. The highest BCUT2D eigenvalue weighted by Crippen LogP contribution is 2.41. The van der Waals surface area contributed by atoms with Gasteiger partial charge in [0.1, 0.15) is 0 Å². The number of nitrogens with zero attached hydrogens (tertiary/aromatic N) is 2. The number of hydrogen-bond donors (Lipinski definition) is 2. The summed E-state index contributed by atoms with van der Waals surface area (Å²) in [7, 11) is 0. The molecule has 1 aliphatic carbocycles. The van der Waals surface area contributed by atoms with Crippen molar-refractivity contribution in [2.24, 2.45) is 22.7 Å². The number of amidine groups is 1. The van der Waals surface area contributed by atoms with E-state index in [1.54, 1.807) is 6.07 Å². The van der Waals surface area contributed by atoms with E-state index in [0.29, 0.717) is 10.6 Å². The second kappa shape index (κ2) is 4.93. The Morgan fingerprint density at radius 3 is 2.63 bits per heavy atom. The Morgan fingerprint density at radius 2 is 2.00 bits per heavy atom. The predicted molar refractivity (Wildman–Crippen MR) is 77.0 cm³/mol. The quantitative estimate of drug-likeness (QED) is 0.379. The fraction of sp³-hybridized carbons (Fsp3) is 0.500. The van der Waals surface area contributed by atoms with Crippen LogP contribution in [0.2, 0.25) is 5.02 Å². The summed E-state index contributed by atoms with van der Waals surface area (Å²) in [6.45, 7) is 2.10. The number of benzene rings is 1. The molecule has 0 aromatic heterocycles. The van der Waals surface area contributed by atoms with Gasteiger partial charge in [-0.2, -0.15) is 0 Å². The number of nitrogens with two attached hydrogens (primary N) is 1. The fourth-order valence-corrected chi connectivity index (χ4v) is 3.78. The maximum Gasteiger partial charge on any atom is 0.173 e. The molecule has 1 saturated carbocycles. The molecule has 2 unspecified atom stereocenters. The summed E-state index contributed by atoms with van der Waals surface area (Å²) in [4.78, 5) is 2.33. The largest absolute Gasteiger partial charge is 0.409 e. The fourth-order valence-electron chi connectivity index (χ4n) is 3.51. The number of fused-ring (bicyclic) bond motifs is 1. The Bertz CT molecular complexity index is 505. The molecule has 102 valence electrons. The van der Waals surface area contributed by atoms with Crippen LogP contribution < -0.4 is 10.6 Å². The third-order valence-corrected chi connectivity index (χ3v) is 4.74. The first-order valence-corrected chi connectivity index (χ1v) is 7.10. The van der Waals surface area contributed by atoms with E-state index in [9.17, 15) is 0 Å². The second-order valence-electron chi connectivity index (χ2n) is 5.48. The molecular formula is C14H18ClN3O. The molecular weight excluding hydrogens is 262 g/mol. The van der Waals surface area contributed by atoms with E-state index in [0.717, 1.165) is 30.6 Å². The van der Waals surface area contributed by atoms with Crippen molar-refractivity contribution in [3.63, 3.8) is 0 Å². The van der Waals surface area contributed by atoms with Crippen LogP contribution in [0.15, 0.2) is 23.4 Å². The van der Waals surface area contributed by atoms with Gasteiger partial charge in [0.05, 0.1) is 10.6 Å². The van der Waals surface area contributed by atoms with Crippen LogP contribution in [0.4, 0.5) is 5.69 Å². The van der Waals surface area contributed by atoms with Crippen molar-refractivity contribution in [2.75, 3.05) is 18.0 Å². The minimum Gasteiger partial charge on any atom is -0.409 e. The summed E-state index contributed by atoms with van der Waals surface area (Å²) >= 11 is 6.20. The van der Waals surface area contributed by atoms with E-state index in [2.05, 4.69) is 10.1 Å². The Balaban J connectivity index is 1.95. The monoisotopic (exact) mass is 279 g/mol. The maximum absolute atomic E-state index is 8.93. The van der Waals surface area contributed by atoms with Crippen molar-refractivity contribution in [2.45, 2.75) is 19.3 Å². The topological polar surface area (TPSA) is 61.9 Å². The molecule has 4 nitrogen and oxygen atoms in total. The Hall–Kier alpha value is -1.42. The second-order valence-corrected chi connectivity index (χ2v) is 5.88. The van der Waals surface area contributed by atoms with Gasteiger partial charge in [0.15, 0.2) is 5.84 Å². The van der Waals surface area contributed by atoms with Crippen LogP contribution in [0.1, 0.15) is 24.8 Å². The van der Waals surface area contributed by atoms with Crippen molar-refractivity contribution in [1.29, 1.82) is 0 Å². The lowest BCUT2D eigenvalue weighted by Gasteiger charge is -2.23. The van der Waals surface area contributed by atoms with E-state index < -0.39 is 0 Å². The van der Waals surface area contributed by atoms with Crippen LogP contribution in [0.5, 0.6) is 0 Å².